The summed E-state index contributed by atoms with van der Waals surface area (Å²) in [4.78, 5) is 7.87. The molecule has 1 spiro atoms. The van der Waals surface area contributed by atoms with Gasteiger partial charge in [-0.25, -0.2) is 0 Å². The third-order valence-corrected chi connectivity index (χ3v) is 6.66. The Morgan fingerprint density at radius 2 is 1.74 bits per heavy atom. The molecule has 1 aliphatic carbocycles. The molecule has 23 heavy (non-hydrogen) atoms. The van der Waals surface area contributed by atoms with Crippen LogP contribution in [0.3, 0.4) is 0 Å². The molecule has 0 bridgehead atoms. The maximum absolute atomic E-state index is 9.50. The number of ether oxygens (including phenoxy) is 1. The first kappa shape index (κ1) is 16.3. The molecular formula is C18H33N3O2. The van der Waals surface area contributed by atoms with Crippen LogP contribution in [0.1, 0.15) is 25.7 Å². The molecule has 0 unspecified atom stereocenters. The number of piperazine rings is 1. The highest BCUT2D eigenvalue weighted by atomic mass is 16.5. The molecule has 0 radical (unpaired) electrons. The highest BCUT2D eigenvalue weighted by Gasteiger charge is 2.48. The van der Waals surface area contributed by atoms with Crippen LogP contribution in [0, 0.1) is 11.8 Å². The molecule has 0 amide bonds. The van der Waals surface area contributed by atoms with Crippen LogP contribution in [-0.4, -0.2) is 97.5 Å². The molecule has 0 atom stereocenters. The first-order valence-corrected chi connectivity index (χ1v) is 9.55. The van der Waals surface area contributed by atoms with Gasteiger partial charge in [-0.15, -0.1) is 0 Å². The summed E-state index contributed by atoms with van der Waals surface area (Å²) in [7, 11) is 2.24. The van der Waals surface area contributed by atoms with Crippen LogP contribution >= 0.6 is 0 Å². The van der Waals surface area contributed by atoms with Gasteiger partial charge in [-0.1, -0.05) is 0 Å². The quantitative estimate of drug-likeness (QED) is 0.815. The van der Waals surface area contributed by atoms with E-state index in [1.165, 1.54) is 58.7 Å². The number of hydrogen-bond acceptors (Lipinski definition) is 5. The number of aliphatic hydroxyl groups excluding tert-OH is 1. The molecule has 0 aromatic heterocycles. The van der Waals surface area contributed by atoms with Gasteiger partial charge < -0.3 is 14.7 Å². The Labute approximate surface area is 140 Å². The monoisotopic (exact) mass is 323 g/mol. The Kier molecular flexibility index (Phi) is 4.67. The molecule has 4 aliphatic rings. The van der Waals surface area contributed by atoms with E-state index < -0.39 is 0 Å². The molecule has 0 aromatic carbocycles. The standard InChI is InChI=1S/C18H33N3O2/c1-19-4-2-15(3-5-19)11-21-7-6-20(10-16-8-17(22)9-16)12-18(21)13-23-14-18/h15-17,22H,2-14H2,1H3. The van der Waals surface area contributed by atoms with Gasteiger partial charge in [-0.3, -0.25) is 9.80 Å². The van der Waals surface area contributed by atoms with Crippen molar-refractivity contribution in [2.75, 3.05) is 66.1 Å². The predicted molar refractivity (Wildman–Crippen MR) is 90.5 cm³/mol. The van der Waals surface area contributed by atoms with E-state index in [0.717, 1.165) is 37.9 Å². The van der Waals surface area contributed by atoms with E-state index in [0.29, 0.717) is 5.54 Å². The lowest BCUT2D eigenvalue weighted by Gasteiger charge is -2.57. The van der Waals surface area contributed by atoms with E-state index >= 15 is 0 Å². The lowest BCUT2D eigenvalue weighted by Crippen LogP contribution is -2.72. The first-order valence-electron chi connectivity index (χ1n) is 9.55. The summed E-state index contributed by atoms with van der Waals surface area (Å²) in [5, 5.41) is 9.50. The zero-order valence-electron chi connectivity index (χ0n) is 14.6. The fraction of sp³-hybridized carbons (Fsp3) is 1.00. The van der Waals surface area contributed by atoms with Crippen molar-refractivity contribution in [3.05, 3.63) is 0 Å². The molecule has 3 saturated heterocycles. The van der Waals surface area contributed by atoms with Crippen molar-refractivity contribution in [2.45, 2.75) is 37.3 Å². The molecule has 1 N–H and O–H groups in total. The second-order valence-electron chi connectivity index (χ2n) is 8.64. The maximum Gasteiger partial charge on any atom is 0.0807 e. The van der Waals surface area contributed by atoms with Crippen LogP contribution in [-0.2, 0) is 4.74 Å². The lowest BCUT2D eigenvalue weighted by atomic mass is 9.81. The summed E-state index contributed by atoms with van der Waals surface area (Å²) in [5.74, 6) is 1.60. The molecule has 132 valence electrons. The summed E-state index contributed by atoms with van der Waals surface area (Å²) < 4.78 is 5.65. The van der Waals surface area contributed by atoms with E-state index in [2.05, 4.69) is 21.7 Å². The van der Waals surface area contributed by atoms with E-state index in [1.54, 1.807) is 0 Å². The number of nitrogens with zero attached hydrogens (tertiary/aromatic N) is 3. The molecule has 1 saturated carbocycles. The molecule has 0 aromatic rings. The highest BCUT2D eigenvalue weighted by molar-refractivity contribution is 5.03. The smallest absolute Gasteiger partial charge is 0.0807 e. The van der Waals surface area contributed by atoms with Crippen molar-refractivity contribution in [1.82, 2.24) is 14.7 Å². The van der Waals surface area contributed by atoms with Crippen LogP contribution in [0.4, 0.5) is 0 Å². The fourth-order valence-corrected chi connectivity index (χ4v) is 4.92. The zero-order chi connectivity index (χ0) is 15.9. The van der Waals surface area contributed by atoms with Gasteiger partial charge in [0.25, 0.3) is 0 Å². The largest absolute Gasteiger partial charge is 0.393 e. The van der Waals surface area contributed by atoms with Crippen molar-refractivity contribution >= 4 is 0 Å². The molecule has 3 aliphatic heterocycles. The molecule has 5 heteroatoms. The van der Waals surface area contributed by atoms with E-state index in [4.69, 9.17) is 4.74 Å². The molecule has 3 heterocycles. The van der Waals surface area contributed by atoms with Crippen LogP contribution < -0.4 is 0 Å². The minimum Gasteiger partial charge on any atom is -0.393 e. The van der Waals surface area contributed by atoms with Gasteiger partial charge >= 0.3 is 0 Å². The summed E-state index contributed by atoms with van der Waals surface area (Å²) in [6.07, 6.45) is 4.71. The Hall–Kier alpha value is -0.200. The van der Waals surface area contributed by atoms with Crippen LogP contribution in [0.5, 0.6) is 0 Å². The predicted octanol–water partition coefficient (Wildman–Crippen LogP) is 0.486. The minimum absolute atomic E-state index is 0.0216. The lowest BCUT2D eigenvalue weighted by molar-refractivity contribution is -0.176. The number of aliphatic hydroxyl groups is 1. The van der Waals surface area contributed by atoms with Gasteiger partial charge in [-0.2, -0.15) is 0 Å². The van der Waals surface area contributed by atoms with Crippen LogP contribution in [0.15, 0.2) is 0 Å². The third-order valence-electron chi connectivity index (χ3n) is 6.66. The number of piperidine rings is 1. The Balaban J connectivity index is 1.30. The Bertz CT molecular complexity index is 401. The fourth-order valence-electron chi connectivity index (χ4n) is 4.92. The Morgan fingerprint density at radius 1 is 1.00 bits per heavy atom. The Morgan fingerprint density at radius 3 is 2.35 bits per heavy atom. The molecule has 4 fully saturated rings. The van der Waals surface area contributed by atoms with Gasteiger partial charge in [0.1, 0.15) is 0 Å². The van der Waals surface area contributed by atoms with E-state index in [1.807, 2.05) is 0 Å². The topological polar surface area (TPSA) is 39.2 Å². The van der Waals surface area contributed by atoms with Crippen molar-refractivity contribution in [1.29, 1.82) is 0 Å². The zero-order valence-corrected chi connectivity index (χ0v) is 14.6. The summed E-state index contributed by atoms with van der Waals surface area (Å²) in [6, 6.07) is 0. The van der Waals surface area contributed by atoms with E-state index in [9.17, 15) is 5.11 Å². The number of likely N-dealkylation sites (tertiary alicyclic amines) is 1. The molecule has 4 rings (SSSR count). The average molecular weight is 323 g/mol. The van der Waals surface area contributed by atoms with Crippen molar-refractivity contribution in [2.24, 2.45) is 11.8 Å². The average Bonchev–Trinajstić information content (AvgIpc) is 2.48. The van der Waals surface area contributed by atoms with Gasteiger partial charge in [0, 0.05) is 32.7 Å². The van der Waals surface area contributed by atoms with Crippen LogP contribution in [0.25, 0.3) is 0 Å². The number of rotatable bonds is 4. The van der Waals surface area contributed by atoms with Gasteiger partial charge in [-0.05, 0) is 57.7 Å². The minimum atomic E-state index is -0.0216. The van der Waals surface area contributed by atoms with E-state index in [-0.39, 0.29) is 6.10 Å². The normalized spacial score (nSPS) is 36.8. The van der Waals surface area contributed by atoms with Gasteiger partial charge in [0.15, 0.2) is 0 Å². The number of hydrogen-bond donors (Lipinski definition) is 1. The van der Waals surface area contributed by atoms with Crippen molar-refractivity contribution in [3.63, 3.8) is 0 Å². The summed E-state index contributed by atoms with van der Waals surface area (Å²) >= 11 is 0. The highest BCUT2D eigenvalue weighted by Crippen LogP contribution is 2.34. The van der Waals surface area contributed by atoms with Crippen molar-refractivity contribution in [3.8, 4) is 0 Å². The van der Waals surface area contributed by atoms with Crippen molar-refractivity contribution < 1.29 is 9.84 Å². The summed E-state index contributed by atoms with van der Waals surface area (Å²) in [6.45, 7) is 10.4. The molecule has 5 nitrogen and oxygen atoms in total. The second-order valence-corrected chi connectivity index (χ2v) is 8.64. The third kappa shape index (κ3) is 3.45. The van der Waals surface area contributed by atoms with Crippen LogP contribution in [0.2, 0.25) is 0 Å². The maximum atomic E-state index is 9.50. The first-order chi connectivity index (χ1) is 11.1. The second kappa shape index (κ2) is 6.60. The SMILES string of the molecule is CN1CCC(CN2CCN(CC3CC(O)C3)CC23COC3)CC1. The van der Waals surface area contributed by atoms with Gasteiger partial charge in [0.05, 0.1) is 24.9 Å². The molecular weight excluding hydrogens is 290 g/mol. The summed E-state index contributed by atoms with van der Waals surface area (Å²) in [5.41, 5.74) is 0.296. The van der Waals surface area contributed by atoms with Gasteiger partial charge in [0.2, 0.25) is 0 Å².